The van der Waals surface area contributed by atoms with E-state index in [1.165, 1.54) is 32.6 Å². The molecule has 0 spiro atoms. The molecule has 0 unspecified atom stereocenters. The van der Waals surface area contributed by atoms with Crippen molar-refractivity contribution < 1.29 is 0 Å². The van der Waals surface area contributed by atoms with Crippen molar-refractivity contribution in [2.45, 2.75) is 11.8 Å². The standard InChI is InChI=1S/C26H22BrP/c27-20-22-17-15-21(16-18-22)19-23-9-7-8-14-26(23)28(24-10-3-1-4-11-24)25-12-5-2-6-13-25/h1-18H,19-20H2. The molecule has 2 heteroatoms. The number of hydrogen-bond donors (Lipinski definition) is 0. The van der Waals surface area contributed by atoms with Crippen LogP contribution in [0.4, 0.5) is 0 Å². The van der Waals surface area contributed by atoms with Gasteiger partial charge < -0.3 is 0 Å². The summed E-state index contributed by atoms with van der Waals surface area (Å²) in [7, 11) is -0.580. The van der Waals surface area contributed by atoms with Crippen molar-refractivity contribution >= 4 is 39.8 Å². The molecule has 4 rings (SSSR count). The van der Waals surface area contributed by atoms with Crippen LogP contribution in [0.1, 0.15) is 16.7 Å². The first kappa shape index (κ1) is 19.1. The molecule has 0 heterocycles. The van der Waals surface area contributed by atoms with Crippen molar-refractivity contribution in [1.29, 1.82) is 0 Å². The van der Waals surface area contributed by atoms with E-state index in [1.54, 1.807) is 0 Å². The van der Waals surface area contributed by atoms with Gasteiger partial charge in [0.15, 0.2) is 0 Å². The smallest absolute Gasteiger partial charge is 0.0283 e. The van der Waals surface area contributed by atoms with Crippen molar-refractivity contribution in [3.8, 4) is 0 Å². The summed E-state index contributed by atoms with van der Waals surface area (Å²) < 4.78 is 0. The van der Waals surface area contributed by atoms with E-state index >= 15 is 0 Å². The molecular weight excluding hydrogens is 423 g/mol. The second-order valence-corrected chi connectivity index (χ2v) is 9.51. The van der Waals surface area contributed by atoms with E-state index in [4.69, 9.17) is 0 Å². The summed E-state index contributed by atoms with van der Waals surface area (Å²) in [4.78, 5) is 0. The average Bonchev–Trinajstić information content (AvgIpc) is 2.77. The summed E-state index contributed by atoms with van der Waals surface area (Å²) in [5, 5.41) is 5.13. The van der Waals surface area contributed by atoms with Gasteiger partial charge in [-0.05, 0) is 46.9 Å². The lowest BCUT2D eigenvalue weighted by Crippen LogP contribution is -2.23. The van der Waals surface area contributed by atoms with Gasteiger partial charge in [-0.1, -0.05) is 125 Å². The second kappa shape index (κ2) is 9.32. The molecule has 0 atom stereocenters. The Balaban J connectivity index is 1.77. The van der Waals surface area contributed by atoms with Crippen LogP contribution < -0.4 is 15.9 Å². The zero-order valence-corrected chi connectivity index (χ0v) is 18.1. The zero-order chi connectivity index (χ0) is 19.2. The summed E-state index contributed by atoms with van der Waals surface area (Å²) >= 11 is 3.53. The van der Waals surface area contributed by atoms with E-state index in [1.807, 2.05) is 0 Å². The van der Waals surface area contributed by atoms with E-state index < -0.39 is 7.92 Å². The van der Waals surface area contributed by atoms with Gasteiger partial charge in [-0.3, -0.25) is 0 Å². The number of hydrogen-bond acceptors (Lipinski definition) is 0. The van der Waals surface area contributed by atoms with E-state index in [0.29, 0.717) is 0 Å². The monoisotopic (exact) mass is 444 g/mol. The molecule has 0 aromatic heterocycles. The summed E-state index contributed by atoms with van der Waals surface area (Å²) in [6.07, 6.45) is 0.956. The molecule has 4 aromatic rings. The van der Waals surface area contributed by atoms with Crippen molar-refractivity contribution in [2.24, 2.45) is 0 Å². The lowest BCUT2D eigenvalue weighted by atomic mass is 10.0. The summed E-state index contributed by atoms with van der Waals surface area (Å²) in [5.74, 6) is 0. The highest BCUT2D eigenvalue weighted by Gasteiger charge is 2.19. The molecule has 0 aliphatic heterocycles. The van der Waals surface area contributed by atoms with Gasteiger partial charge in [0.1, 0.15) is 0 Å². The molecule has 0 amide bonds. The fourth-order valence-corrected chi connectivity index (χ4v) is 6.27. The SMILES string of the molecule is BrCc1ccc(Cc2ccccc2P(c2ccccc2)c2ccccc2)cc1. The van der Waals surface area contributed by atoms with Gasteiger partial charge in [-0.15, -0.1) is 0 Å². The Bertz CT molecular complexity index is 971. The summed E-state index contributed by atoms with van der Waals surface area (Å²) in [6.45, 7) is 0. The van der Waals surface area contributed by atoms with Crippen LogP contribution in [0.3, 0.4) is 0 Å². The van der Waals surface area contributed by atoms with E-state index in [0.717, 1.165) is 11.8 Å². The number of alkyl halides is 1. The average molecular weight is 445 g/mol. The molecule has 0 saturated carbocycles. The molecule has 0 saturated heterocycles. The maximum Gasteiger partial charge on any atom is 0.0283 e. The third-order valence-electron chi connectivity index (χ3n) is 4.83. The first-order valence-electron chi connectivity index (χ1n) is 9.47. The summed E-state index contributed by atoms with van der Waals surface area (Å²) in [6, 6.07) is 39.7. The lowest BCUT2D eigenvalue weighted by molar-refractivity contribution is 1.20. The minimum atomic E-state index is -0.580. The lowest BCUT2D eigenvalue weighted by Gasteiger charge is -2.22. The predicted octanol–water partition coefficient (Wildman–Crippen LogP) is 5.93. The van der Waals surface area contributed by atoms with Gasteiger partial charge in [0.25, 0.3) is 0 Å². The van der Waals surface area contributed by atoms with Crippen LogP contribution in [0.2, 0.25) is 0 Å². The molecule has 0 aliphatic carbocycles. The van der Waals surface area contributed by atoms with E-state index in [-0.39, 0.29) is 0 Å². The second-order valence-electron chi connectivity index (χ2n) is 6.76. The highest BCUT2D eigenvalue weighted by Crippen LogP contribution is 2.34. The molecule has 28 heavy (non-hydrogen) atoms. The molecule has 138 valence electrons. The van der Waals surface area contributed by atoms with Crippen LogP contribution in [0, 0.1) is 0 Å². The maximum atomic E-state index is 3.53. The van der Waals surface area contributed by atoms with Crippen LogP contribution >= 0.6 is 23.9 Å². The first-order valence-corrected chi connectivity index (χ1v) is 11.9. The van der Waals surface area contributed by atoms with E-state index in [2.05, 4.69) is 125 Å². The molecule has 0 nitrogen and oxygen atoms in total. The minimum absolute atomic E-state index is 0.580. The highest BCUT2D eigenvalue weighted by atomic mass is 79.9. The Morgan fingerprint density at radius 2 is 1.04 bits per heavy atom. The van der Waals surface area contributed by atoms with Gasteiger partial charge in [0.05, 0.1) is 0 Å². The van der Waals surface area contributed by atoms with Gasteiger partial charge in [-0.25, -0.2) is 0 Å². The van der Waals surface area contributed by atoms with Gasteiger partial charge in [0.2, 0.25) is 0 Å². The Labute approximate surface area is 177 Å². The van der Waals surface area contributed by atoms with Crippen LogP contribution in [0.15, 0.2) is 109 Å². The Morgan fingerprint density at radius 3 is 1.61 bits per heavy atom. The molecule has 0 radical (unpaired) electrons. The van der Waals surface area contributed by atoms with Crippen molar-refractivity contribution in [3.63, 3.8) is 0 Å². The molecule has 0 aliphatic rings. The molecule has 0 N–H and O–H groups in total. The fourth-order valence-electron chi connectivity index (χ4n) is 3.43. The Kier molecular flexibility index (Phi) is 6.37. The van der Waals surface area contributed by atoms with Gasteiger partial charge in [-0.2, -0.15) is 0 Å². The molecule has 0 fully saturated rings. The third kappa shape index (κ3) is 4.43. The van der Waals surface area contributed by atoms with Crippen molar-refractivity contribution in [2.75, 3.05) is 0 Å². The number of benzene rings is 4. The molecular formula is C26H22BrP. The summed E-state index contributed by atoms with van der Waals surface area (Å²) in [5.41, 5.74) is 4.08. The van der Waals surface area contributed by atoms with Crippen LogP contribution in [-0.2, 0) is 11.8 Å². The van der Waals surface area contributed by atoms with Crippen LogP contribution in [0.25, 0.3) is 0 Å². The van der Waals surface area contributed by atoms with Crippen LogP contribution in [0.5, 0.6) is 0 Å². The van der Waals surface area contributed by atoms with E-state index in [9.17, 15) is 0 Å². The quantitative estimate of drug-likeness (QED) is 0.255. The third-order valence-corrected chi connectivity index (χ3v) is 8.03. The first-order chi connectivity index (χ1) is 13.8. The normalized spacial score (nSPS) is 10.9. The molecule has 4 aromatic carbocycles. The maximum absolute atomic E-state index is 3.53. The number of halogens is 1. The van der Waals surface area contributed by atoms with Crippen LogP contribution in [-0.4, -0.2) is 0 Å². The largest absolute Gasteiger partial charge is 0.0876 e. The van der Waals surface area contributed by atoms with Gasteiger partial charge >= 0.3 is 0 Å². The predicted molar refractivity (Wildman–Crippen MR) is 127 cm³/mol. The zero-order valence-electron chi connectivity index (χ0n) is 15.6. The fraction of sp³-hybridized carbons (Fsp3) is 0.0769. The minimum Gasteiger partial charge on any atom is -0.0876 e. The molecule has 0 bridgehead atoms. The number of rotatable bonds is 6. The highest BCUT2D eigenvalue weighted by molar-refractivity contribution is 9.08. The Hall–Kier alpha value is -2.21. The van der Waals surface area contributed by atoms with Crippen molar-refractivity contribution in [1.82, 2.24) is 0 Å². The topological polar surface area (TPSA) is 0 Å². The van der Waals surface area contributed by atoms with Crippen molar-refractivity contribution in [3.05, 3.63) is 126 Å². The Morgan fingerprint density at radius 1 is 0.536 bits per heavy atom. The van der Waals surface area contributed by atoms with Gasteiger partial charge in [0, 0.05) is 5.33 Å².